The van der Waals surface area contributed by atoms with Crippen LogP contribution in [0.5, 0.6) is 0 Å². The molecule has 29 heavy (non-hydrogen) atoms. The van der Waals surface area contributed by atoms with Gasteiger partial charge >= 0.3 is 0 Å². The Kier molecular flexibility index (Phi) is 5.32. The molecule has 0 radical (unpaired) electrons. The Balaban J connectivity index is 1.59. The first kappa shape index (κ1) is 19.4. The zero-order valence-corrected chi connectivity index (χ0v) is 19.5. The molecule has 0 amide bonds. The highest BCUT2D eigenvalue weighted by atomic mass is 16.3. The zero-order valence-electron chi connectivity index (χ0n) is 21.5. The van der Waals surface area contributed by atoms with Crippen molar-refractivity contribution < 1.29 is 13.0 Å². The molecule has 9 atom stereocenters. The summed E-state index contributed by atoms with van der Waals surface area (Å²) >= 11 is 0. The van der Waals surface area contributed by atoms with Gasteiger partial charge in [0.2, 0.25) is 0 Å². The van der Waals surface area contributed by atoms with Crippen LogP contribution in [-0.4, -0.2) is 22.4 Å². The predicted molar refractivity (Wildman–Crippen MR) is 120 cm³/mol. The van der Waals surface area contributed by atoms with Crippen LogP contribution >= 0.6 is 0 Å². The van der Waals surface area contributed by atoms with E-state index in [0.29, 0.717) is 30.1 Å². The van der Waals surface area contributed by atoms with Crippen molar-refractivity contribution in [1.82, 2.24) is 0 Å². The minimum atomic E-state index is -1.57. The van der Waals surface area contributed by atoms with Crippen LogP contribution in [0.1, 0.15) is 102 Å². The molecule has 4 aliphatic rings. The smallest absolute Gasteiger partial charge is 0.0757 e. The number of rotatable bonds is 5. The lowest BCUT2D eigenvalue weighted by molar-refractivity contribution is -0.0970. The third kappa shape index (κ3) is 3.65. The standard InChI is InChI=1S/C27H46O2/c1-17(2)7-6-8-18(3)21-9-10-22-25-23(12-14-27(21,22)5)26(4)13-11-20(28)15-19(26)16-24(25)29/h16-18,20-25,28-29H,6-15H2,1-5H3/t18-,20+,21-,22+,23+,24-,25+,26+,27-/m1/s1/i20D,24D. The average Bonchev–Trinajstić information content (AvgIpc) is 2.99. The van der Waals surface area contributed by atoms with Gasteiger partial charge in [-0.15, -0.1) is 0 Å². The van der Waals surface area contributed by atoms with E-state index in [1.807, 2.05) is 0 Å². The van der Waals surface area contributed by atoms with E-state index in [-0.39, 0.29) is 23.2 Å². The van der Waals surface area contributed by atoms with Gasteiger partial charge in [-0.25, -0.2) is 0 Å². The van der Waals surface area contributed by atoms with Gasteiger partial charge in [-0.05, 0) is 91.3 Å². The topological polar surface area (TPSA) is 40.5 Å². The van der Waals surface area contributed by atoms with Crippen LogP contribution in [0, 0.1) is 46.3 Å². The number of hydrogen-bond acceptors (Lipinski definition) is 2. The number of fused-ring (bicyclic) bond motifs is 5. The second-order valence-corrected chi connectivity index (χ2v) is 12.0. The minimum Gasteiger partial charge on any atom is -0.393 e. The summed E-state index contributed by atoms with van der Waals surface area (Å²) in [7, 11) is 0. The molecule has 3 saturated carbocycles. The fourth-order valence-corrected chi connectivity index (χ4v) is 8.28. The summed E-state index contributed by atoms with van der Waals surface area (Å²) in [6.07, 6.45) is 8.89. The summed E-state index contributed by atoms with van der Waals surface area (Å²) in [6, 6.07) is 0. The minimum absolute atomic E-state index is 0.0233. The molecule has 166 valence electrons. The lowest BCUT2D eigenvalue weighted by atomic mass is 9.46. The normalized spacial score (nSPS) is 54.0. The van der Waals surface area contributed by atoms with Gasteiger partial charge in [-0.3, -0.25) is 0 Å². The molecule has 0 unspecified atom stereocenters. The van der Waals surface area contributed by atoms with Crippen molar-refractivity contribution in [3.8, 4) is 0 Å². The summed E-state index contributed by atoms with van der Waals surface area (Å²) < 4.78 is 17.2. The Morgan fingerprint density at radius 2 is 1.79 bits per heavy atom. The molecule has 4 rings (SSSR count). The second kappa shape index (κ2) is 7.97. The molecule has 0 aliphatic heterocycles. The molecule has 0 heterocycles. The van der Waals surface area contributed by atoms with Crippen LogP contribution in [0.2, 0.25) is 0 Å². The molecule has 4 aliphatic carbocycles. The summed E-state index contributed by atoms with van der Waals surface area (Å²) in [6.45, 7) is 11.8. The monoisotopic (exact) mass is 404 g/mol. The summed E-state index contributed by atoms with van der Waals surface area (Å²) in [5.74, 6) is 2.85. The van der Waals surface area contributed by atoms with Gasteiger partial charge in [0.25, 0.3) is 0 Å². The summed E-state index contributed by atoms with van der Waals surface area (Å²) in [4.78, 5) is 0. The van der Waals surface area contributed by atoms with E-state index in [9.17, 15) is 10.2 Å². The predicted octanol–water partition coefficient (Wildman–Crippen LogP) is 6.36. The van der Waals surface area contributed by atoms with Crippen molar-refractivity contribution >= 4 is 0 Å². The third-order valence-corrected chi connectivity index (χ3v) is 10.0. The summed E-state index contributed by atoms with van der Waals surface area (Å²) in [5.41, 5.74) is 1.11. The largest absolute Gasteiger partial charge is 0.393 e. The van der Waals surface area contributed by atoms with E-state index >= 15 is 0 Å². The molecule has 2 nitrogen and oxygen atoms in total. The van der Waals surface area contributed by atoms with Crippen LogP contribution in [-0.2, 0) is 0 Å². The Bertz CT molecular complexity index is 714. The highest BCUT2D eigenvalue weighted by Gasteiger charge is 2.61. The van der Waals surface area contributed by atoms with Gasteiger partial charge in [0.15, 0.2) is 0 Å². The van der Waals surface area contributed by atoms with Crippen molar-refractivity contribution in [2.45, 2.75) is 111 Å². The van der Waals surface area contributed by atoms with Gasteiger partial charge in [0, 0.05) is 0 Å². The van der Waals surface area contributed by atoms with Gasteiger partial charge in [0.05, 0.1) is 14.9 Å². The van der Waals surface area contributed by atoms with Gasteiger partial charge in [-0.2, -0.15) is 0 Å². The summed E-state index contributed by atoms with van der Waals surface area (Å²) in [5, 5.41) is 21.8. The second-order valence-electron chi connectivity index (χ2n) is 12.0. The Morgan fingerprint density at radius 1 is 1.03 bits per heavy atom. The van der Waals surface area contributed by atoms with Crippen LogP contribution in [0.25, 0.3) is 0 Å². The van der Waals surface area contributed by atoms with Crippen LogP contribution < -0.4 is 0 Å². The van der Waals surface area contributed by atoms with E-state index in [2.05, 4.69) is 34.6 Å². The van der Waals surface area contributed by atoms with Crippen LogP contribution in [0.15, 0.2) is 11.6 Å². The van der Waals surface area contributed by atoms with Gasteiger partial charge < -0.3 is 10.2 Å². The maximum atomic E-state index is 11.4. The lowest BCUT2D eigenvalue weighted by Gasteiger charge is -2.59. The van der Waals surface area contributed by atoms with E-state index in [4.69, 9.17) is 2.74 Å². The highest BCUT2D eigenvalue weighted by molar-refractivity contribution is 5.27. The molecule has 3 fully saturated rings. The van der Waals surface area contributed by atoms with Crippen LogP contribution in [0.4, 0.5) is 0 Å². The van der Waals surface area contributed by atoms with Crippen molar-refractivity contribution in [2.24, 2.45) is 46.3 Å². The quantitative estimate of drug-likeness (QED) is 0.523. The van der Waals surface area contributed by atoms with Gasteiger partial charge in [-0.1, -0.05) is 65.5 Å². The van der Waals surface area contributed by atoms with Crippen LogP contribution in [0.3, 0.4) is 0 Å². The molecule has 0 aromatic rings. The maximum Gasteiger partial charge on any atom is 0.0757 e. The average molecular weight is 405 g/mol. The van der Waals surface area contributed by atoms with Crippen molar-refractivity contribution in [2.75, 3.05) is 0 Å². The first-order chi connectivity index (χ1) is 14.3. The molecule has 2 N–H and O–H groups in total. The van der Waals surface area contributed by atoms with E-state index in [0.717, 1.165) is 30.8 Å². The SMILES string of the molecule is [2H][C@]1(O)CC[C@@]2(C)C(=C[C@@]([2H])(O)[C@H]3[C@@H]4CC[C@H]([C@H](C)CCCC(C)C)[C@@]4(C)CC[C@@H]32)C1. The Labute approximate surface area is 182 Å². The number of aliphatic hydroxyl groups is 2. The molecule has 0 bridgehead atoms. The molecule has 0 saturated heterocycles. The van der Waals surface area contributed by atoms with E-state index < -0.39 is 12.2 Å². The maximum absolute atomic E-state index is 11.4. The fraction of sp³-hybridized carbons (Fsp3) is 0.926. The first-order valence-corrected chi connectivity index (χ1v) is 12.5. The molecular formula is C27H46O2. The number of hydrogen-bond donors (Lipinski definition) is 2. The molecule has 0 aromatic heterocycles. The van der Waals surface area contributed by atoms with Crippen molar-refractivity contribution in [1.29, 1.82) is 0 Å². The molecular weight excluding hydrogens is 356 g/mol. The molecule has 0 spiro atoms. The highest BCUT2D eigenvalue weighted by Crippen LogP contribution is 2.67. The first-order valence-electron chi connectivity index (χ1n) is 13.5. The molecule has 0 aromatic carbocycles. The third-order valence-electron chi connectivity index (χ3n) is 10.0. The fourth-order valence-electron chi connectivity index (χ4n) is 8.28. The Morgan fingerprint density at radius 3 is 2.52 bits per heavy atom. The van der Waals surface area contributed by atoms with Crippen molar-refractivity contribution in [3.05, 3.63) is 11.6 Å². The molecule has 2 heteroatoms. The lowest BCUT2D eigenvalue weighted by Crippen LogP contribution is -2.54. The Hall–Kier alpha value is -0.340. The van der Waals surface area contributed by atoms with Gasteiger partial charge in [0.1, 0.15) is 0 Å². The zero-order chi connectivity index (χ0) is 22.8. The van der Waals surface area contributed by atoms with E-state index in [1.54, 1.807) is 6.08 Å². The van der Waals surface area contributed by atoms with Crippen molar-refractivity contribution in [3.63, 3.8) is 0 Å². The van der Waals surface area contributed by atoms with E-state index in [1.165, 1.54) is 32.1 Å².